The lowest BCUT2D eigenvalue weighted by molar-refractivity contribution is 0.544. The number of hydrogen-bond donors (Lipinski definition) is 1. The maximum absolute atomic E-state index is 3.44. The van der Waals surface area contributed by atoms with Crippen LogP contribution in [0.15, 0.2) is 12.2 Å². The maximum atomic E-state index is 3.44. The van der Waals surface area contributed by atoms with Crippen LogP contribution in [0.3, 0.4) is 0 Å². The van der Waals surface area contributed by atoms with Crippen molar-refractivity contribution in [2.45, 2.75) is 40.5 Å². The summed E-state index contributed by atoms with van der Waals surface area (Å²) in [6.45, 7) is 11.2. The van der Waals surface area contributed by atoms with Crippen LogP contribution in [-0.4, -0.2) is 13.1 Å². The van der Waals surface area contributed by atoms with Crippen LogP contribution < -0.4 is 5.32 Å². The second kappa shape index (κ2) is 8.31. The fourth-order valence-electron chi connectivity index (χ4n) is 1.10. The van der Waals surface area contributed by atoms with Crippen LogP contribution in [0, 0.1) is 11.8 Å². The predicted octanol–water partition coefficient (Wildman–Crippen LogP) is 3.47. The van der Waals surface area contributed by atoms with Crippen molar-refractivity contribution in [2.24, 2.45) is 11.8 Å². The minimum atomic E-state index is 0. The Labute approximate surface area is 85.1 Å². The molecule has 0 saturated heterocycles. The first-order valence-corrected chi connectivity index (χ1v) is 5.50. The highest BCUT2D eigenvalue weighted by molar-refractivity contribution is 4.84. The molecule has 1 N–H and O–H groups in total. The van der Waals surface area contributed by atoms with Crippen molar-refractivity contribution in [1.29, 1.82) is 0 Å². The lowest BCUT2D eigenvalue weighted by atomic mass is 10.2. The summed E-state index contributed by atoms with van der Waals surface area (Å²) in [5.41, 5.74) is 0. The first-order chi connectivity index (χ1) is 6.13. The molecule has 80 valence electrons. The number of unbranched alkanes of at least 4 members (excludes halogenated alkanes) is 1. The molecule has 0 atom stereocenters. The van der Waals surface area contributed by atoms with Crippen molar-refractivity contribution in [1.82, 2.24) is 5.32 Å². The van der Waals surface area contributed by atoms with Gasteiger partial charge in [-0.15, -0.1) is 0 Å². The molecule has 0 radical (unpaired) electrons. The van der Waals surface area contributed by atoms with Crippen molar-refractivity contribution < 1.29 is 1.43 Å². The van der Waals surface area contributed by atoms with E-state index in [1.165, 1.54) is 12.8 Å². The molecule has 0 spiro atoms. The molecule has 0 amide bonds. The molecule has 1 heteroatoms. The molecule has 0 aromatic rings. The first kappa shape index (κ1) is 12.7. The second-order valence-corrected chi connectivity index (χ2v) is 4.41. The van der Waals surface area contributed by atoms with Crippen LogP contribution in [0.1, 0.15) is 42.0 Å². The van der Waals surface area contributed by atoms with E-state index in [1.807, 2.05) is 0 Å². The zero-order chi connectivity index (χ0) is 10.1. The minimum Gasteiger partial charge on any atom is -0.316 e. The van der Waals surface area contributed by atoms with Gasteiger partial charge >= 0.3 is 0 Å². The van der Waals surface area contributed by atoms with Gasteiger partial charge in [-0.2, -0.15) is 0 Å². The molecule has 0 aromatic heterocycles. The summed E-state index contributed by atoms with van der Waals surface area (Å²) in [4.78, 5) is 0. The van der Waals surface area contributed by atoms with Crippen LogP contribution in [0.4, 0.5) is 0 Å². The fraction of sp³-hybridized carbons (Fsp3) is 0.833. The van der Waals surface area contributed by atoms with Crippen LogP contribution in [0.25, 0.3) is 0 Å². The molecule has 0 aromatic carbocycles. The predicted molar refractivity (Wildman–Crippen MR) is 63.0 cm³/mol. The van der Waals surface area contributed by atoms with E-state index in [0.717, 1.165) is 19.0 Å². The van der Waals surface area contributed by atoms with Crippen molar-refractivity contribution in [3.8, 4) is 0 Å². The molecular formula is C12H27N. The summed E-state index contributed by atoms with van der Waals surface area (Å²) in [7, 11) is 0. The van der Waals surface area contributed by atoms with Gasteiger partial charge in [0, 0.05) is 1.43 Å². The zero-order valence-corrected chi connectivity index (χ0v) is 9.64. The Kier molecular flexibility index (Phi) is 8.11. The summed E-state index contributed by atoms with van der Waals surface area (Å²) in [5.74, 6) is 1.47. The molecule has 0 rings (SSSR count). The Bertz CT molecular complexity index is 130. The fourth-order valence-corrected chi connectivity index (χ4v) is 1.10. The SMILES string of the molecule is CC(C)/C=C/CCCNCC(C)C.[HH]. The largest absolute Gasteiger partial charge is 0.316 e. The average Bonchev–Trinajstić information content (AvgIpc) is 2.01. The summed E-state index contributed by atoms with van der Waals surface area (Å²) in [6, 6.07) is 0. The highest BCUT2D eigenvalue weighted by Gasteiger charge is 1.91. The molecule has 0 aliphatic heterocycles. The third-order valence-corrected chi connectivity index (χ3v) is 1.80. The first-order valence-electron chi connectivity index (χ1n) is 5.50. The van der Waals surface area contributed by atoms with Gasteiger partial charge in [-0.3, -0.25) is 0 Å². The lowest BCUT2D eigenvalue weighted by Crippen LogP contribution is -2.20. The van der Waals surface area contributed by atoms with Crippen molar-refractivity contribution in [2.75, 3.05) is 13.1 Å². The Morgan fingerprint density at radius 2 is 1.92 bits per heavy atom. The van der Waals surface area contributed by atoms with Gasteiger partial charge in [-0.05, 0) is 37.8 Å². The Morgan fingerprint density at radius 1 is 1.23 bits per heavy atom. The van der Waals surface area contributed by atoms with Gasteiger partial charge in [0.1, 0.15) is 0 Å². The molecule has 0 heterocycles. The Morgan fingerprint density at radius 3 is 2.46 bits per heavy atom. The topological polar surface area (TPSA) is 12.0 Å². The van der Waals surface area contributed by atoms with Gasteiger partial charge in [0.15, 0.2) is 0 Å². The molecule has 0 unspecified atom stereocenters. The van der Waals surface area contributed by atoms with E-state index in [0.29, 0.717) is 5.92 Å². The van der Waals surface area contributed by atoms with E-state index < -0.39 is 0 Å². The van der Waals surface area contributed by atoms with E-state index in [9.17, 15) is 0 Å². The van der Waals surface area contributed by atoms with E-state index in [4.69, 9.17) is 0 Å². The van der Waals surface area contributed by atoms with E-state index >= 15 is 0 Å². The highest BCUT2D eigenvalue weighted by Crippen LogP contribution is 1.97. The van der Waals surface area contributed by atoms with Gasteiger partial charge < -0.3 is 5.32 Å². The van der Waals surface area contributed by atoms with E-state index in [2.05, 4.69) is 45.2 Å². The number of hydrogen-bond acceptors (Lipinski definition) is 1. The number of allylic oxidation sites excluding steroid dienone is 2. The second-order valence-electron chi connectivity index (χ2n) is 4.41. The van der Waals surface area contributed by atoms with Crippen molar-refractivity contribution in [3.05, 3.63) is 12.2 Å². The highest BCUT2D eigenvalue weighted by atomic mass is 14.8. The summed E-state index contributed by atoms with van der Waals surface area (Å²) in [5, 5.41) is 3.44. The summed E-state index contributed by atoms with van der Waals surface area (Å²) >= 11 is 0. The van der Waals surface area contributed by atoms with Crippen LogP contribution in [0.5, 0.6) is 0 Å². The monoisotopic (exact) mass is 185 g/mol. The van der Waals surface area contributed by atoms with Gasteiger partial charge in [0.2, 0.25) is 0 Å². The average molecular weight is 185 g/mol. The normalized spacial score (nSPS) is 12.2. The van der Waals surface area contributed by atoms with Gasteiger partial charge in [0.25, 0.3) is 0 Å². The zero-order valence-electron chi connectivity index (χ0n) is 9.64. The molecule has 1 nitrogen and oxygen atoms in total. The van der Waals surface area contributed by atoms with Crippen LogP contribution in [-0.2, 0) is 0 Å². The molecule has 0 aliphatic rings. The van der Waals surface area contributed by atoms with Crippen molar-refractivity contribution >= 4 is 0 Å². The Balaban J connectivity index is 0. The molecular weight excluding hydrogens is 158 g/mol. The Hall–Kier alpha value is -0.300. The number of nitrogens with one attached hydrogen (secondary N) is 1. The van der Waals surface area contributed by atoms with E-state index in [-0.39, 0.29) is 1.43 Å². The van der Waals surface area contributed by atoms with Crippen LogP contribution in [0.2, 0.25) is 0 Å². The van der Waals surface area contributed by atoms with Gasteiger partial charge in [-0.25, -0.2) is 0 Å². The standard InChI is InChI=1S/C12H25N.H2/c1-11(2)8-6-5-7-9-13-10-12(3)4;/h6,8,11-13H,5,7,9-10H2,1-4H3;1H/b8-6+;. The van der Waals surface area contributed by atoms with E-state index in [1.54, 1.807) is 0 Å². The molecule has 0 bridgehead atoms. The lowest BCUT2D eigenvalue weighted by Gasteiger charge is -2.05. The molecule has 0 saturated carbocycles. The van der Waals surface area contributed by atoms with Gasteiger partial charge in [-0.1, -0.05) is 39.8 Å². The third-order valence-electron chi connectivity index (χ3n) is 1.80. The molecule has 0 aliphatic carbocycles. The maximum Gasteiger partial charge on any atom is 0 e. The molecule has 13 heavy (non-hydrogen) atoms. The summed E-state index contributed by atoms with van der Waals surface area (Å²) in [6.07, 6.45) is 7.05. The van der Waals surface area contributed by atoms with Crippen LogP contribution >= 0.6 is 0 Å². The van der Waals surface area contributed by atoms with Crippen molar-refractivity contribution in [3.63, 3.8) is 0 Å². The molecule has 0 fully saturated rings. The van der Waals surface area contributed by atoms with Gasteiger partial charge in [0.05, 0.1) is 0 Å². The quantitative estimate of drug-likeness (QED) is 0.473. The third kappa shape index (κ3) is 11.7. The number of rotatable bonds is 7. The summed E-state index contributed by atoms with van der Waals surface area (Å²) < 4.78 is 0. The minimum absolute atomic E-state index is 0. The smallest absolute Gasteiger partial charge is 0 e.